The second-order valence-electron chi connectivity index (χ2n) is 5.33. The smallest absolute Gasteiger partial charge is 0.215 e. The van der Waals surface area contributed by atoms with Crippen LogP contribution in [0.1, 0.15) is 16.1 Å². The molecule has 24 heavy (non-hydrogen) atoms. The van der Waals surface area contributed by atoms with Crippen molar-refractivity contribution in [2.45, 2.75) is 0 Å². The van der Waals surface area contributed by atoms with Gasteiger partial charge >= 0.3 is 0 Å². The Morgan fingerprint density at radius 2 is 1.83 bits per heavy atom. The first-order chi connectivity index (χ1) is 11.6. The summed E-state index contributed by atoms with van der Waals surface area (Å²) in [5, 5.41) is 1.81. The zero-order valence-electron chi connectivity index (χ0n) is 12.1. The largest absolute Gasteiger partial charge is 0.353 e. The minimum atomic E-state index is -0.701. The maximum atomic E-state index is 13.7. The van der Waals surface area contributed by atoms with Crippen LogP contribution >= 0.6 is 23.2 Å². The van der Waals surface area contributed by atoms with Crippen LogP contribution in [0.4, 0.5) is 4.39 Å². The van der Waals surface area contributed by atoms with Gasteiger partial charge in [0.1, 0.15) is 11.5 Å². The summed E-state index contributed by atoms with van der Waals surface area (Å²) in [6.07, 6.45) is 1.55. The lowest BCUT2D eigenvalue weighted by atomic mass is 10.1. The molecule has 0 saturated heterocycles. The molecule has 2 aromatic carbocycles. The zero-order valence-corrected chi connectivity index (χ0v) is 13.6. The number of aromatic amines is 1. The van der Waals surface area contributed by atoms with Crippen molar-refractivity contribution < 1.29 is 9.18 Å². The molecule has 0 spiro atoms. The van der Waals surface area contributed by atoms with Crippen LogP contribution in [0.2, 0.25) is 10.0 Å². The van der Waals surface area contributed by atoms with E-state index in [1.807, 2.05) is 30.3 Å². The standard InChI is InChI=1S/C18H9Cl2FN2O/c19-12-8-13(20)14(21)7-11(12)18(24)17-16-10(5-6-22-17)9-3-1-2-4-15(9)23-16/h1-8,23H. The summed E-state index contributed by atoms with van der Waals surface area (Å²) >= 11 is 11.8. The number of fused-ring (bicyclic) bond motifs is 3. The van der Waals surface area contributed by atoms with Gasteiger partial charge < -0.3 is 4.98 Å². The number of hydrogen-bond acceptors (Lipinski definition) is 2. The van der Waals surface area contributed by atoms with Gasteiger partial charge in [0.15, 0.2) is 0 Å². The molecule has 2 aromatic heterocycles. The third-order valence-electron chi connectivity index (χ3n) is 3.90. The predicted molar refractivity (Wildman–Crippen MR) is 93.5 cm³/mol. The number of carbonyl (C=O) groups excluding carboxylic acids is 1. The molecule has 0 atom stereocenters. The van der Waals surface area contributed by atoms with Gasteiger partial charge in [0.2, 0.25) is 5.78 Å². The third-order valence-corrected chi connectivity index (χ3v) is 4.50. The van der Waals surface area contributed by atoms with E-state index in [0.29, 0.717) is 5.52 Å². The molecule has 4 aromatic rings. The van der Waals surface area contributed by atoms with Gasteiger partial charge in [0, 0.05) is 28.0 Å². The number of nitrogens with one attached hydrogen (secondary N) is 1. The summed E-state index contributed by atoms with van der Waals surface area (Å²) in [5.74, 6) is -1.17. The van der Waals surface area contributed by atoms with Crippen molar-refractivity contribution in [2.75, 3.05) is 0 Å². The lowest BCUT2D eigenvalue weighted by molar-refractivity contribution is 0.103. The van der Waals surface area contributed by atoms with Crippen molar-refractivity contribution >= 4 is 50.8 Å². The van der Waals surface area contributed by atoms with Crippen molar-refractivity contribution in [2.24, 2.45) is 0 Å². The van der Waals surface area contributed by atoms with E-state index < -0.39 is 11.6 Å². The molecule has 0 aliphatic heterocycles. The highest BCUT2D eigenvalue weighted by Crippen LogP contribution is 2.30. The molecule has 0 unspecified atom stereocenters. The Bertz CT molecular complexity index is 1120. The van der Waals surface area contributed by atoms with E-state index in [1.54, 1.807) is 6.20 Å². The van der Waals surface area contributed by atoms with Crippen LogP contribution in [0, 0.1) is 5.82 Å². The lowest BCUT2D eigenvalue weighted by Gasteiger charge is -2.05. The molecule has 0 radical (unpaired) electrons. The number of carbonyl (C=O) groups is 1. The minimum absolute atomic E-state index is 0.0252. The number of H-pyrrole nitrogens is 1. The highest BCUT2D eigenvalue weighted by Gasteiger charge is 2.20. The Morgan fingerprint density at radius 3 is 2.67 bits per heavy atom. The van der Waals surface area contributed by atoms with Gasteiger partial charge in [0.05, 0.1) is 15.6 Å². The Morgan fingerprint density at radius 1 is 1.04 bits per heavy atom. The fourth-order valence-electron chi connectivity index (χ4n) is 2.77. The highest BCUT2D eigenvalue weighted by molar-refractivity contribution is 6.38. The number of pyridine rings is 1. The van der Waals surface area contributed by atoms with E-state index in [2.05, 4.69) is 9.97 Å². The minimum Gasteiger partial charge on any atom is -0.353 e. The molecule has 0 saturated carbocycles. The molecular weight excluding hydrogens is 350 g/mol. The lowest BCUT2D eigenvalue weighted by Crippen LogP contribution is -2.06. The molecule has 0 aliphatic rings. The first-order valence-electron chi connectivity index (χ1n) is 7.11. The number of nitrogens with zero attached hydrogens (tertiary/aromatic N) is 1. The van der Waals surface area contributed by atoms with Gasteiger partial charge in [-0.2, -0.15) is 0 Å². The van der Waals surface area contributed by atoms with Crippen LogP contribution in [0.15, 0.2) is 48.7 Å². The molecule has 4 rings (SSSR count). The average Bonchev–Trinajstić information content (AvgIpc) is 2.96. The molecule has 0 bridgehead atoms. The second kappa shape index (κ2) is 5.58. The topological polar surface area (TPSA) is 45.8 Å². The summed E-state index contributed by atoms with van der Waals surface area (Å²) in [6, 6.07) is 11.8. The molecule has 3 nitrogen and oxygen atoms in total. The third kappa shape index (κ3) is 2.27. The first kappa shape index (κ1) is 15.1. The van der Waals surface area contributed by atoms with Gasteiger partial charge in [-0.05, 0) is 24.3 Å². The molecular formula is C18H9Cl2FN2O. The van der Waals surface area contributed by atoms with Gasteiger partial charge in [-0.15, -0.1) is 0 Å². The van der Waals surface area contributed by atoms with Crippen LogP contribution < -0.4 is 0 Å². The maximum absolute atomic E-state index is 13.7. The number of ketones is 1. The molecule has 6 heteroatoms. The van der Waals surface area contributed by atoms with Crippen LogP contribution in [-0.4, -0.2) is 15.8 Å². The Hall–Kier alpha value is -2.43. The zero-order chi connectivity index (χ0) is 16.8. The maximum Gasteiger partial charge on any atom is 0.215 e. The van der Waals surface area contributed by atoms with Crippen LogP contribution in [0.3, 0.4) is 0 Å². The number of aromatic nitrogens is 2. The molecule has 0 aliphatic carbocycles. The Kier molecular flexibility index (Phi) is 3.52. The van der Waals surface area contributed by atoms with E-state index >= 15 is 0 Å². The van der Waals surface area contributed by atoms with Gasteiger partial charge in [-0.3, -0.25) is 9.78 Å². The van der Waals surface area contributed by atoms with Crippen molar-refractivity contribution in [1.82, 2.24) is 9.97 Å². The molecule has 0 amide bonds. The highest BCUT2D eigenvalue weighted by atomic mass is 35.5. The van der Waals surface area contributed by atoms with Crippen molar-refractivity contribution in [3.05, 3.63) is 75.8 Å². The number of halogens is 3. The van der Waals surface area contributed by atoms with E-state index in [9.17, 15) is 9.18 Å². The second-order valence-corrected chi connectivity index (χ2v) is 6.14. The quantitative estimate of drug-likeness (QED) is 0.385. The van der Waals surface area contributed by atoms with Crippen molar-refractivity contribution in [3.8, 4) is 0 Å². The molecule has 0 fully saturated rings. The Balaban J connectivity index is 1.96. The van der Waals surface area contributed by atoms with E-state index in [1.165, 1.54) is 6.07 Å². The fourth-order valence-corrected chi connectivity index (χ4v) is 3.24. The van der Waals surface area contributed by atoms with Gasteiger partial charge in [0.25, 0.3) is 0 Å². The van der Waals surface area contributed by atoms with Crippen LogP contribution in [0.5, 0.6) is 0 Å². The Labute approximate surface area is 146 Å². The van der Waals surface area contributed by atoms with E-state index in [4.69, 9.17) is 23.2 Å². The summed E-state index contributed by atoms with van der Waals surface area (Å²) in [5.41, 5.74) is 1.70. The van der Waals surface area contributed by atoms with E-state index in [-0.39, 0.29) is 21.3 Å². The summed E-state index contributed by atoms with van der Waals surface area (Å²) in [6.45, 7) is 0. The molecule has 2 heterocycles. The summed E-state index contributed by atoms with van der Waals surface area (Å²) in [4.78, 5) is 20.2. The van der Waals surface area contributed by atoms with Crippen molar-refractivity contribution in [1.29, 1.82) is 0 Å². The molecule has 1 N–H and O–H groups in total. The fraction of sp³-hybridized carbons (Fsp3) is 0. The van der Waals surface area contributed by atoms with Crippen LogP contribution in [-0.2, 0) is 0 Å². The van der Waals surface area contributed by atoms with Crippen LogP contribution in [0.25, 0.3) is 21.8 Å². The average molecular weight is 359 g/mol. The predicted octanol–water partition coefficient (Wildman–Crippen LogP) is 5.39. The number of rotatable bonds is 2. The number of benzene rings is 2. The monoisotopic (exact) mass is 358 g/mol. The molecule has 118 valence electrons. The summed E-state index contributed by atoms with van der Waals surface area (Å²) < 4.78 is 13.7. The van der Waals surface area contributed by atoms with Crippen molar-refractivity contribution in [3.63, 3.8) is 0 Å². The normalized spacial score (nSPS) is 11.3. The first-order valence-corrected chi connectivity index (χ1v) is 7.86. The van der Waals surface area contributed by atoms with E-state index in [0.717, 1.165) is 22.4 Å². The van der Waals surface area contributed by atoms with Gasteiger partial charge in [-0.1, -0.05) is 41.4 Å². The number of para-hydroxylation sites is 1. The summed E-state index contributed by atoms with van der Waals surface area (Å²) in [7, 11) is 0. The van der Waals surface area contributed by atoms with Gasteiger partial charge in [-0.25, -0.2) is 4.39 Å². The SMILES string of the molecule is O=C(c1cc(F)c(Cl)cc1Cl)c1nccc2c1[nH]c1ccccc12. The number of hydrogen-bond donors (Lipinski definition) is 1.